The summed E-state index contributed by atoms with van der Waals surface area (Å²) in [7, 11) is 0. The largest absolute Gasteiger partial charge is 0.484 e. The molecular weight excluding hydrogens is 302 g/mol. The van der Waals surface area contributed by atoms with E-state index >= 15 is 0 Å². The summed E-state index contributed by atoms with van der Waals surface area (Å²) in [6.45, 7) is 0.618. The number of fused-ring (bicyclic) bond motifs is 6. The Morgan fingerprint density at radius 1 is 0.739 bits per heavy atom. The summed E-state index contributed by atoms with van der Waals surface area (Å²) in [5.74, 6) is -0.297. The summed E-state index contributed by atoms with van der Waals surface area (Å²) in [4.78, 5) is 0. The zero-order chi connectivity index (χ0) is 15.8. The third-order valence-corrected chi connectivity index (χ3v) is 4.17. The van der Waals surface area contributed by atoms with Gasteiger partial charge in [-0.2, -0.15) is 0 Å². The van der Waals surface area contributed by atoms with E-state index in [0.717, 1.165) is 0 Å². The van der Waals surface area contributed by atoms with Crippen LogP contribution in [0.15, 0.2) is 36.4 Å². The Morgan fingerprint density at radius 3 is 1.70 bits per heavy atom. The second-order valence-electron chi connectivity index (χ2n) is 5.88. The van der Waals surface area contributed by atoms with Crippen LogP contribution in [0.1, 0.15) is 11.1 Å². The zero-order valence-electron chi connectivity index (χ0n) is 12.4. The van der Waals surface area contributed by atoms with Crippen molar-refractivity contribution in [3.63, 3.8) is 0 Å². The van der Waals surface area contributed by atoms with Crippen LogP contribution in [0.25, 0.3) is 0 Å². The molecule has 4 rings (SSSR count). The van der Waals surface area contributed by atoms with E-state index in [0.29, 0.717) is 37.2 Å². The van der Waals surface area contributed by atoms with Gasteiger partial charge in [0.25, 0.3) is 0 Å². The van der Waals surface area contributed by atoms with Crippen LogP contribution in [-0.4, -0.2) is 25.4 Å². The molecule has 2 unspecified atom stereocenters. The molecule has 0 radical (unpaired) electrons. The summed E-state index contributed by atoms with van der Waals surface area (Å²) in [6.07, 6.45) is -0.000408. The monoisotopic (exact) mass is 318 g/mol. The first kappa shape index (κ1) is 14.5. The van der Waals surface area contributed by atoms with Gasteiger partial charge in [0.05, 0.1) is 13.2 Å². The lowest BCUT2D eigenvalue weighted by atomic mass is 10.0. The average molecular weight is 318 g/mol. The molecule has 0 fully saturated rings. The van der Waals surface area contributed by atoms with Crippen molar-refractivity contribution >= 4 is 0 Å². The van der Waals surface area contributed by atoms with Crippen LogP contribution in [0.4, 0.5) is 8.78 Å². The molecular formula is C18H16F2O3. The first-order valence-electron chi connectivity index (χ1n) is 7.66. The van der Waals surface area contributed by atoms with Gasteiger partial charge in [-0.1, -0.05) is 24.3 Å². The van der Waals surface area contributed by atoms with E-state index in [4.69, 9.17) is 14.2 Å². The van der Waals surface area contributed by atoms with E-state index in [1.165, 1.54) is 12.1 Å². The normalized spacial score (nSPS) is 23.0. The van der Waals surface area contributed by atoms with Crippen molar-refractivity contribution in [3.8, 4) is 11.5 Å². The summed E-state index contributed by atoms with van der Waals surface area (Å²) >= 11 is 0. The van der Waals surface area contributed by atoms with Gasteiger partial charge in [0.2, 0.25) is 0 Å². The van der Waals surface area contributed by atoms with Gasteiger partial charge in [-0.05, 0) is 12.1 Å². The highest BCUT2D eigenvalue weighted by Crippen LogP contribution is 2.33. The molecule has 23 heavy (non-hydrogen) atoms. The Hall–Kier alpha value is -2.14. The zero-order valence-corrected chi connectivity index (χ0v) is 12.4. The molecule has 2 bridgehead atoms. The van der Waals surface area contributed by atoms with E-state index < -0.39 is 23.8 Å². The number of hydrogen-bond donors (Lipinski definition) is 0. The van der Waals surface area contributed by atoms with Gasteiger partial charge < -0.3 is 14.2 Å². The molecule has 0 amide bonds. The Balaban J connectivity index is 1.82. The van der Waals surface area contributed by atoms with Crippen molar-refractivity contribution < 1.29 is 23.0 Å². The van der Waals surface area contributed by atoms with Gasteiger partial charge in [0.15, 0.2) is 23.1 Å². The molecule has 0 saturated heterocycles. The van der Waals surface area contributed by atoms with Crippen LogP contribution in [-0.2, 0) is 17.6 Å². The van der Waals surface area contributed by atoms with Crippen molar-refractivity contribution in [3.05, 3.63) is 59.2 Å². The van der Waals surface area contributed by atoms with E-state index in [-0.39, 0.29) is 11.5 Å². The van der Waals surface area contributed by atoms with Gasteiger partial charge in [0, 0.05) is 24.0 Å². The van der Waals surface area contributed by atoms with Gasteiger partial charge >= 0.3 is 0 Å². The second-order valence-corrected chi connectivity index (χ2v) is 5.88. The molecule has 0 spiro atoms. The lowest BCUT2D eigenvalue weighted by Gasteiger charge is -2.24. The number of ether oxygens (including phenoxy) is 3. The Morgan fingerprint density at radius 2 is 1.22 bits per heavy atom. The molecule has 2 aromatic carbocycles. The second kappa shape index (κ2) is 5.81. The molecule has 2 atom stereocenters. The number of rotatable bonds is 0. The number of hydrogen-bond acceptors (Lipinski definition) is 3. The molecule has 0 saturated carbocycles. The molecule has 3 nitrogen and oxygen atoms in total. The Labute approximate surface area is 132 Å². The fourth-order valence-corrected chi connectivity index (χ4v) is 3.12. The third kappa shape index (κ3) is 2.77. The fourth-order valence-electron chi connectivity index (χ4n) is 3.12. The highest BCUT2D eigenvalue weighted by Gasteiger charge is 2.28. The quantitative estimate of drug-likeness (QED) is 0.746. The summed E-state index contributed by atoms with van der Waals surface area (Å²) < 4.78 is 45.8. The first-order valence-corrected chi connectivity index (χ1v) is 7.66. The maximum Gasteiger partial charge on any atom is 0.165 e. The van der Waals surface area contributed by atoms with Crippen molar-refractivity contribution in [2.45, 2.75) is 25.0 Å². The van der Waals surface area contributed by atoms with Crippen molar-refractivity contribution in [1.29, 1.82) is 0 Å². The summed E-state index contributed by atoms with van der Waals surface area (Å²) in [5.41, 5.74) is 1.43. The van der Waals surface area contributed by atoms with Crippen LogP contribution < -0.4 is 9.47 Å². The molecule has 120 valence electrons. The highest BCUT2D eigenvalue weighted by molar-refractivity contribution is 5.39. The predicted octanol–water partition coefficient (Wildman–Crippen LogP) is 3.29. The predicted molar refractivity (Wildman–Crippen MR) is 79.9 cm³/mol. The molecule has 2 heterocycles. The van der Waals surface area contributed by atoms with E-state index in [1.54, 1.807) is 24.3 Å². The Bertz CT molecular complexity index is 671. The molecule has 0 aromatic heterocycles. The minimum Gasteiger partial charge on any atom is -0.484 e. The van der Waals surface area contributed by atoms with Gasteiger partial charge in [0.1, 0.15) is 12.2 Å². The number of para-hydroxylation sites is 2. The van der Waals surface area contributed by atoms with E-state index in [2.05, 4.69) is 0 Å². The maximum absolute atomic E-state index is 14.2. The number of benzene rings is 2. The number of halogens is 2. The summed E-state index contributed by atoms with van der Waals surface area (Å²) in [6, 6.07) is 9.65. The molecule has 2 aliphatic heterocycles. The van der Waals surface area contributed by atoms with E-state index in [9.17, 15) is 8.78 Å². The lowest BCUT2D eigenvalue weighted by molar-refractivity contribution is 0.0192. The third-order valence-electron chi connectivity index (χ3n) is 4.17. The molecule has 2 aromatic rings. The van der Waals surface area contributed by atoms with Crippen molar-refractivity contribution in [2.24, 2.45) is 0 Å². The minimum absolute atomic E-state index is 0.247. The molecule has 0 aliphatic carbocycles. The van der Waals surface area contributed by atoms with Crippen LogP contribution in [0.2, 0.25) is 0 Å². The fraction of sp³-hybridized carbons (Fsp3) is 0.333. The van der Waals surface area contributed by atoms with Crippen molar-refractivity contribution in [2.75, 3.05) is 13.2 Å². The first-order chi connectivity index (χ1) is 11.2. The van der Waals surface area contributed by atoms with Gasteiger partial charge in [-0.3, -0.25) is 0 Å². The SMILES string of the molecule is Fc1cccc2c1OC1COCC(C2)Oc2c(F)cccc2C1. The Kier molecular flexibility index (Phi) is 3.65. The smallest absolute Gasteiger partial charge is 0.165 e. The topological polar surface area (TPSA) is 27.7 Å². The van der Waals surface area contributed by atoms with Crippen LogP contribution in [0, 0.1) is 11.6 Å². The molecule has 0 N–H and O–H groups in total. The van der Waals surface area contributed by atoms with Gasteiger partial charge in [-0.25, -0.2) is 8.78 Å². The minimum atomic E-state index is -0.397. The molecule has 2 aliphatic rings. The van der Waals surface area contributed by atoms with Crippen LogP contribution in [0.3, 0.4) is 0 Å². The summed E-state index contributed by atoms with van der Waals surface area (Å²) in [5, 5.41) is 0. The van der Waals surface area contributed by atoms with E-state index in [1.807, 2.05) is 0 Å². The highest BCUT2D eigenvalue weighted by atomic mass is 19.1. The standard InChI is InChI=1S/C18H16F2O3/c19-15-5-1-3-11-7-13-9-21-10-14(22-17(11)15)8-12-4-2-6-16(20)18(12)23-13/h1-6,13-14H,7-10H2. The van der Waals surface area contributed by atoms with Crippen LogP contribution in [0.5, 0.6) is 11.5 Å². The maximum atomic E-state index is 14.2. The van der Waals surface area contributed by atoms with Crippen molar-refractivity contribution in [1.82, 2.24) is 0 Å². The molecule has 5 heteroatoms. The lowest BCUT2D eigenvalue weighted by Crippen LogP contribution is -2.26. The van der Waals surface area contributed by atoms with Crippen LogP contribution >= 0.6 is 0 Å². The average Bonchev–Trinajstić information content (AvgIpc) is 2.66. The van der Waals surface area contributed by atoms with Gasteiger partial charge in [-0.15, -0.1) is 0 Å².